The van der Waals surface area contributed by atoms with Crippen LogP contribution in [0, 0.1) is 0 Å². The van der Waals surface area contributed by atoms with Crippen molar-refractivity contribution in [2.75, 3.05) is 6.61 Å². The van der Waals surface area contributed by atoms with Crippen LogP contribution in [0.15, 0.2) is 18.2 Å². The molecule has 0 atom stereocenters. The van der Waals surface area contributed by atoms with Gasteiger partial charge in [-0.25, -0.2) is 14.8 Å². The van der Waals surface area contributed by atoms with E-state index in [1.54, 1.807) is 25.1 Å². The Hall–Kier alpha value is -1.39. The van der Waals surface area contributed by atoms with Crippen molar-refractivity contribution in [1.82, 2.24) is 9.97 Å². The largest absolute Gasteiger partial charge is 0.462 e. The molecular formula is C11H8Cl2N2O2. The number of nitrogens with zero attached hydrogens (tertiary/aromatic N) is 2. The molecule has 2 aromatic rings. The van der Waals surface area contributed by atoms with Crippen molar-refractivity contribution >= 4 is 40.1 Å². The second-order valence-corrected chi connectivity index (χ2v) is 3.90. The summed E-state index contributed by atoms with van der Waals surface area (Å²) in [4.78, 5) is 19.5. The monoisotopic (exact) mass is 270 g/mol. The van der Waals surface area contributed by atoms with Crippen molar-refractivity contribution < 1.29 is 9.53 Å². The number of carbonyl (C=O) groups excluding carboxylic acids is 1. The zero-order chi connectivity index (χ0) is 12.4. The molecule has 2 rings (SSSR count). The van der Waals surface area contributed by atoms with Crippen molar-refractivity contribution in [3.8, 4) is 0 Å². The molecule has 0 bridgehead atoms. The quantitative estimate of drug-likeness (QED) is 0.478. The molecule has 4 nitrogen and oxygen atoms in total. The number of hydrogen-bond donors (Lipinski definition) is 0. The Morgan fingerprint density at radius 3 is 2.82 bits per heavy atom. The average Bonchev–Trinajstić information content (AvgIpc) is 2.28. The van der Waals surface area contributed by atoms with Crippen LogP contribution in [0.3, 0.4) is 0 Å². The Morgan fingerprint density at radius 2 is 2.12 bits per heavy atom. The van der Waals surface area contributed by atoms with E-state index in [0.29, 0.717) is 23.1 Å². The first-order chi connectivity index (χ1) is 8.13. The zero-order valence-corrected chi connectivity index (χ0v) is 10.4. The van der Waals surface area contributed by atoms with Gasteiger partial charge in [0.2, 0.25) is 5.28 Å². The zero-order valence-electron chi connectivity index (χ0n) is 8.91. The fraction of sp³-hybridized carbons (Fsp3) is 0.182. The number of benzene rings is 1. The van der Waals surface area contributed by atoms with E-state index < -0.39 is 5.97 Å². The van der Waals surface area contributed by atoms with Gasteiger partial charge in [-0.05, 0) is 30.7 Å². The minimum absolute atomic E-state index is 0.000696. The molecule has 1 heterocycles. The summed E-state index contributed by atoms with van der Waals surface area (Å²) in [6, 6.07) is 5.02. The second kappa shape index (κ2) is 4.85. The number of rotatable bonds is 2. The number of ether oxygens (including phenoxy) is 1. The van der Waals surface area contributed by atoms with Crippen molar-refractivity contribution in [3.05, 3.63) is 34.2 Å². The molecule has 0 N–H and O–H groups in total. The maximum absolute atomic E-state index is 11.7. The van der Waals surface area contributed by atoms with E-state index in [1.807, 2.05) is 0 Å². The molecule has 0 saturated heterocycles. The first kappa shape index (κ1) is 12.1. The molecule has 0 aliphatic carbocycles. The summed E-state index contributed by atoms with van der Waals surface area (Å²) in [5.74, 6) is -0.455. The van der Waals surface area contributed by atoms with Gasteiger partial charge in [-0.2, -0.15) is 0 Å². The van der Waals surface area contributed by atoms with Crippen LogP contribution < -0.4 is 0 Å². The first-order valence-electron chi connectivity index (χ1n) is 4.92. The Labute approximate surface area is 108 Å². The van der Waals surface area contributed by atoms with Crippen LogP contribution in [0.2, 0.25) is 10.4 Å². The summed E-state index contributed by atoms with van der Waals surface area (Å²) >= 11 is 11.6. The topological polar surface area (TPSA) is 52.1 Å². The molecule has 1 aromatic carbocycles. The van der Waals surface area contributed by atoms with Crippen LogP contribution in [0.5, 0.6) is 0 Å². The van der Waals surface area contributed by atoms with Crippen LogP contribution >= 0.6 is 23.2 Å². The van der Waals surface area contributed by atoms with Gasteiger partial charge in [0, 0.05) is 5.39 Å². The number of fused-ring (bicyclic) bond motifs is 1. The summed E-state index contributed by atoms with van der Waals surface area (Å²) in [6.07, 6.45) is 0. The van der Waals surface area contributed by atoms with E-state index in [2.05, 4.69) is 9.97 Å². The summed E-state index contributed by atoms with van der Waals surface area (Å²) in [5.41, 5.74) is 0.728. The maximum Gasteiger partial charge on any atom is 0.340 e. The fourth-order valence-electron chi connectivity index (χ4n) is 1.46. The Kier molecular flexibility index (Phi) is 3.45. The number of esters is 1. The third-order valence-corrected chi connectivity index (χ3v) is 2.61. The summed E-state index contributed by atoms with van der Waals surface area (Å²) in [6.45, 7) is 2.03. The average molecular weight is 271 g/mol. The van der Waals surface area contributed by atoms with E-state index in [4.69, 9.17) is 27.9 Å². The van der Waals surface area contributed by atoms with Crippen molar-refractivity contribution in [2.24, 2.45) is 0 Å². The predicted molar refractivity (Wildman–Crippen MR) is 65.5 cm³/mol. The standard InChI is InChI=1S/C11H8Cl2N2O2/c1-2-17-10(16)7-5-3-4-6-8(7)14-11(13)15-9(6)12/h3-5H,2H2,1H3. The van der Waals surface area contributed by atoms with E-state index in [9.17, 15) is 4.79 Å². The summed E-state index contributed by atoms with van der Waals surface area (Å²) in [5, 5.41) is 0.784. The van der Waals surface area contributed by atoms with Crippen LogP contribution in [-0.2, 0) is 4.74 Å². The molecule has 0 radical (unpaired) electrons. The SMILES string of the molecule is CCOC(=O)c1cccc2c(Cl)nc(Cl)nc12. The van der Waals surface area contributed by atoms with Gasteiger partial charge in [0.25, 0.3) is 0 Å². The van der Waals surface area contributed by atoms with E-state index in [-0.39, 0.29) is 10.4 Å². The van der Waals surface area contributed by atoms with Crippen molar-refractivity contribution in [3.63, 3.8) is 0 Å². The van der Waals surface area contributed by atoms with Crippen molar-refractivity contribution in [2.45, 2.75) is 6.92 Å². The normalized spacial score (nSPS) is 10.5. The van der Waals surface area contributed by atoms with E-state index in [0.717, 1.165) is 0 Å². The van der Waals surface area contributed by atoms with Gasteiger partial charge in [-0.15, -0.1) is 0 Å². The molecule has 0 saturated carbocycles. The van der Waals surface area contributed by atoms with Gasteiger partial charge in [0.15, 0.2) is 0 Å². The number of para-hydroxylation sites is 1. The highest BCUT2D eigenvalue weighted by Gasteiger charge is 2.14. The van der Waals surface area contributed by atoms with E-state index >= 15 is 0 Å². The van der Waals surface area contributed by atoms with E-state index in [1.165, 1.54) is 0 Å². The molecule has 0 fully saturated rings. The lowest BCUT2D eigenvalue weighted by Crippen LogP contribution is -2.06. The smallest absolute Gasteiger partial charge is 0.340 e. The molecule has 6 heteroatoms. The lowest BCUT2D eigenvalue weighted by Gasteiger charge is -2.06. The summed E-state index contributed by atoms with van der Waals surface area (Å²) in [7, 11) is 0. The van der Waals surface area contributed by atoms with Gasteiger partial charge in [-0.3, -0.25) is 0 Å². The molecular weight excluding hydrogens is 263 g/mol. The molecule has 0 aliphatic rings. The second-order valence-electron chi connectivity index (χ2n) is 3.21. The minimum Gasteiger partial charge on any atom is -0.462 e. The third-order valence-electron chi connectivity index (χ3n) is 2.15. The lowest BCUT2D eigenvalue weighted by molar-refractivity contribution is 0.0528. The highest BCUT2D eigenvalue weighted by Crippen LogP contribution is 2.25. The van der Waals surface area contributed by atoms with Gasteiger partial charge in [-0.1, -0.05) is 17.7 Å². The highest BCUT2D eigenvalue weighted by molar-refractivity contribution is 6.36. The molecule has 0 spiro atoms. The minimum atomic E-state index is -0.455. The van der Waals surface area contributed by atoms with Gasteiger partial charge in [0.1, 0.15) is 5.15 Å². The summed E-state index contributed by atoms with van der Waals surface area (Å²) < 4.78 is 4.93. The number of hydrogen-bond acceptors (Lipinski definition) is 4. The Morgan fingerprint density at radius 1 is 1.35 bits per heavy atom. The third kappa shape index (κ3) is 2.33. The van der Waals surface area contributed by atoms with Crippen molar-refractivity contribution in [1.29, 1.82) is 0 Å². The van der Waals surface area contributed by atoms with Gasteiger partial charge >= 0.3 is 5.97 Å². The molecule has 0 aliphatic heterocycles. The predicted octanol–water partition coefficient (Wildman–Crippen LogP) is 3.11. The lowest BCUT2D eigenvalue weighted by atomic mass is 10.1. The number of carbonyl (C=O) groups is 1. The molecule has 17 heavy (non-hydrogen) atoms. The van der Waals surface area contributed by atoms with Crippen LogP contribution in [0.25, 0.3) is 10.9 Å². The Balaban J connectivity index is 2.68. The first-order valence-corrected chi connectivity index (χ1v) is 5.68. The molecule has 1 aromatic heterocycles. The molecule has 88 valence electrons. The maximum atomic E-state index is 11.7. The van der Waals surface area contributed by atoms with Gasteiger partial charge in [0.05, 0.1) is 17.7 Å². The Bertz CT molecular complexity index is 587. The number of halogens is 2. The fourth-order valence-corrected chi connectivity index (χ4v) is 1.91. The highest BCUT2D eigenvalue weighted by atomic mass is 35.5. The molecule has 0 unspecified atom stereocenters. The van der Waals surface area contributed by atoms with Crippen LogP contribution in [0.4, 0.5) is 0 Å². The van der Waals surface area contributed by atoms with Crippen LogP contribution in [0.1, 0.15) is 17.3 Å². The van der Waals surface area contributed by atoms with Crippen LogP contribution in [-0.4, -0.2) is 22.5 Å². The molecule has 0 amide bonds. The number of aromatic nitrogens is 2. The van der Waals surface area contributed by atoms with Gasteiger partial charge < -0.3 is 4.74 Å².